The number of aromatic nitrogens is 2. The molecule has 0 spiro atoms. The molecule has 326 valence electrons. The molecule has 0 saturated heterocycles. The zero-order valence-corrected chi connectivity index (χ0v) is 39.9. The van der Waals surface area contributed by atoms with Crippen LogP contribution in [0.1, 0.15) is 49.9 Å². The lowest BCUT2D eigenvalue weighted by Crippen LogP contribution is -2.31. The molecular formula is C62H46N4S2. The summed E-state index contributed by atoms with van der Waals surface area (Å²) in [5, 5.41) is 2.04. The maximum absolute atomic E-state index is 5.05. The van der Waals surface area contributed by atoms with Gasteiger partial charge in [0.2, 0.25) is 0 Å². The van der Waals surface area contributed by atoms with E-state index in [0.717, 1.165) is 65.8 Å². The first-order chi connectivity index (χ1) is 33.2. The number of thiazole rings is 2. The molecule has 4 nitrogen and oxygen atoms in total. The van der Waals surface area contributed by atoms with Crippen LogP contribution in [0.15, 0.2) is 206 Å². The average molecular weight is 911 g/mol. The first kappa shape index (κ1) is 40.6. The van der Waals surface area contributed by atoms with Crippen LogP contribution < -0.4 is 9.80 Å². The monoisotopic (exact) mass is 910 g/mol. The number of benzene rings is 9. The molecule has 0 amide bonds. The highest BCUT2D eigenvalue weighted by molar-refractivity contribution is 7.22. The average Bonchev–Trinajstić information content (AvgIpc) is 4.03. The van der Waals surface area contributed by atoms with Crippen LogP contribution in [0.2, 0.25) is 0 Å². The molecule has 0 radical (unpaired) electrons. The van der Waals surface area contributed by atoms with E-state index in [1.54, 1.807) is 22.7 Å². The van der Waals surface area contributed by atoms with Crippen LogP contribution in [0.3, 0.4) is 0 Å². The Morgan fingerprint density at radius 3 is 0.956 bits per heavy atom. The predicted octanol–water partition coefficient (Wildman–Crippen LogP) is 17.8. The summed E-state index contributed by atoms with van der Waals surface area (Å²) in [7, 11) is 0. The van der Waals surface area contributed by atoms with Crippen molar-refractivity contribution in [1.82, 2.24) is 9.97 Å². The van der Waals surface area contributed by atoms with Crippen molar-refractivity contribution < 1.29 is 0 Å². The summed E-state index contributed by atoms with van der Waals surface area (Å²) in [6.07, 6.45) is 0. The van der Waals surface area contributed by atoms with Crippen molar-refractivity contribution in [1.29, 1.82) is 0 Å². The summed E-state index contributed by atoms with van der Waals surface area (Å²) >= 11 is 3.48. The van der Waals surface area contributed by atoms with Gasteiger partial charge in [-0.25, -0.2) is 9.97 Å². The van der Waals surface area contributed by atoms with Crippen molar-refractivity contribution in [3.63, 3.8) is 0 Å². The molecule has 11 aromatic rings. The van der Waals surface area contributed by atoms with Gasteiger partial charge in [-0.05, 0) is 94.0 Å². The van der Waals surface area contributed by atoms with E-state index in [1.807, 2.05) is 0 Å². The number of para-hydroxylation sites is 6. The smallest absolute Gasteiger partial charge is 0.124 e. The minimum absolute atomic E-state index is 0.212. The number of fused-ring (bicyclic) bond motifs is 6. The molecule has 68 heavy (non-hydrogen) atoms. The molecule has 6 heteroatoms. The van der Waals surface area contributed by atoms with E-state index >= 15 is 0 Å². The largest absolute Gasteiger partial charge is 0.309 e. The van der Waals surface area contributed by atoms with Gasteiger partial charge >= 0.3 is 0 Å². The van der Waals surface area contributed by atoms with Crippen LogP contribution in [0.25, 0.3) is 63.8 Å². The van der Waals surface area contributed by atoms with E-state index in [2.05, 4.69) is 244 Å². The summed E-state index contributed by atoms with van der Waals surface area (Å²) in [4.78, 5) is 15.2. The molecule has 9 aromatic carbocycles. The van der Waals surface area contributed by atoms with E-state index in [-0.39, 0.29) is 10.8 Å². The fourth-order valence-electron chi connectivity index (χ4n) is 10.8. The second-order valence-corrected chi connectivity index (χ2v) is 21.1. The highest BCUT2D eigenvalue weighted by Gasteiger charge is 2.40. The third-order valence-corrected chi connectivity index (χ3v) is 16.5. The quantitative estimate of drug-likeness (QED) is 0.166. The number of anilines is 6. The third-order valence-electron chi connectivity index (χ3n) is 14.3. The normalized spacial score (nSPS) is 14.4. The van der Waals surface area contributed by atoms with Gasteiger partial charge in [0.15, 0.2) is 0 Å². The van der Waals surface area contributed by atoms with E-state index in [4.69, 9.17) is 9.97 Å². The van der Waals surface area contributed by atoms with E-state index in [1.165, 1.54) is 54.4 Å². The van der Waals surface area contributed by atoms with Gasteiger partial charge < -0.3 is 9.80 Å². The highest BCUT2D eigenvalue weighted by Crippen LogP contribution is 2.58. The van der Waals surface area contributed by atoms with Gasteiger partial charge in [-0.1, -0.05) is 173 Å². The Balaban J connectivity index is 1.09. The van der Waals surface area contributed by atoms with Crippen LogP contribution >= 0.6 is 22.7 Å². The van der Waals surface area contributed by atoms with Crippen LogP contribution in [0.4, 0.5) is 34.1 Å². The zero-order valence-electron chi connectivity index (χ0n) is 38.2. The topological polar surface area (TPSA) is 32.3 Å². The van der Waals surface area contributed by atoms with Gasteiger partial charge in [-0.2, -0.15) is 0 Å². The lowest BCUT2D eigenvalue weighted by atomic mass is 9.73. The van der Waals surface area contributed by atoms with E-state index < -0.39 is 0 Å². The summed E-state index contributed by atoms with van der Waals surface area (Å²) in [6, 6.07) is 75.8. The van der Waals surface area contributed by atoms with Crippen molar-refractivity contribution in [2.75, 3.05) is 9.80 Å². The van der Waals surface area contributed by atoms with Crippen molar-refractivity contribution in [2.24, 2.45) is 0 Å². The third kappa shape index (κ3) is 6.32. The number of nitrogens with zero attached hydrogens (tertiary/aromatic N) is 4. The molecule has 0 aliphatic carbocycles. The molecule has 0 bridgehead atoms. The fourth-order valence-corrected chi connectivity index (χ4v) is 12.8. The molecule has 0 N–H and O–H groups in total. The van der Waals surface area contributed by atoms with Gasteiger partial charge in [0.1, 0.15) is 10.0 Å². The Bertz CT molecular complexity index is 3350. The van der Waals surface area contributed by atoms with Gasteiger partial charge in [0.25, 0.3) is 0 Å². The van der Waals surface area contributed by atoms with Gasteiger partial charge in [-0.15, -0.1) is 22.7 Å². The number of hydrogen-bond donors (Lipinski definition) is 0. The molecule has 2 aromatic heterocycles. The van der Waals surface area contributed by atoms with Crippen molar-refractivity contribution in [2.45, 2.75) is 38.5 Å². The Morgan fingerprint density at radius 2 is 0.618 bits per heavy atom. The molecule has 2 aliphatic heterocycles. The van der Waals surface area contributed by atoms with Gasteiger partial charge in [0.05, 0.1) is 54.6 Å². The Labute approximate surface area is 405 Å². The molecule has 0 saturated carbocycles. The van der Waals surface area contributed by atoms with Crippen LogP contribution in [-0.2, 0) is 10.8 Å². The number of hydrogen-bond acceptors (Lipinski definition) is 6. The summed E-state index contributed by atoms with van der Waals surface area (Å²) in [6.45, 7) is 9.44. The minimum atomic E-state index is -0.212. The van der Waals surface area contributed by atoms with Crippen LogP contribution in [0, 0.1) is 0 Å². The molecule has 0 fully saturated rings. The van der Waals surface area contributed by atoms with Gasteiger partial charge in [0, 0.05) is 33.1 Å². The van der Waals surface area contributed by atoms with Crippen molar-refractivity contribution in [3.05, 3.63) is 229 Å². The van der Waals surface area contributed by atoms with Crippen molar-refractivity contribution >= 4 is 77.2 Å². The fraction of sp³-hybridized carbons (Fsp3) is 0.0968. The minimum Gasteiger partial charge on any atom is -0.309 e. The molecule has 0 atom stereocenters. The molecular weight excluding hydrogens is 865 g/mol. The Hall–Kier alpha value is -7.64. The van der Waals surface area contributed by atoms with Crippen LogP contribution in [-0.4, -0.2) is 9.97 Å². The number of rotatable bonds is 6. The molecule has 0 unspecified atom stereocenters. The second kappa shape index (κ2) is 15.5. The second-order valence-electron chi connectivity index (χ2n) is 19.0. The summed E-state index contributed by atoms with van der Waals surface area (Å²) < 4.78 is 2.38. The van der Waals surface area contributed by atoms with E-state index in [9.17, 15) is 0 Å². The van der Waals surface area contributed by atoms with Crippen molar-refractivity contribution in [3.8, 4) is 43.4 Å². The lowest BCUT2D eigenvalue weighted by molar-refractivity contribution is 0.631. The van der Waals surface area contributed by atoms with E-state index in [0.29, 0.717) is 0 Å². The molecule has 4 heterocycles. The zero-order chi connectivity index (χ0) is 45.7. The first-order valence-corrected chi connectivity index (χ1v) is 24.9. The lowest BCUT2D eigenvalue weighted by Gasteiger charge is -2.44. The Kier molecular flexibility index (Phi) is 9.23. The Morgan fingerprint density at radius 1 is 0.324 bits per heavy atom. The van der Waals surface area contributed by atoms with Crippen LogP contribution in [0.5, 0.6) is 0 Å². The standard InChI is InChI=1S/C62H46N4S2/c1-61(2)45-17-5-11-23-51(45)65(52-24-12-6-18-46(52)61)55-37-44(40-31-35-42(36-32-40)60-64-50-22-10-16-28-58(50)68-60)56(66-53-25-13-7-19-47(53)62(3,4)48-20-8-14-26-54(48)66)38-43(55)39-29-33-41(34-30-39)59-63-49-21-9-15-27-57(49)67-59/h5-38H,1-4H3. The maximum atomic E-state index is 5.05. The maximum Gasteiger partial charge on any atom is 0.124 e. The summed E-state index contributed by atoms with van der Waals surface area (Å²) in [5.41, 5.74) is 20.5. The first-order valence-electron chi connectivity index (χ1n) is 23.3. The summed E-state index contributed by atoms with van der Waals surface area (Å²) in [5.74, 6) is 0. The highest BCUT2D eigenvalue weighted by atomic mass is 32.1. The molecule has 2 aliphatic rings. The van der Waals surface area contributed by atoms with Gasteiger partial charge in [-0.3, -0.25) is 0 Å². The predicted molar refractivity (Wildman–Crippen MR) is 288 cm³/mol. The SMILES string of the molecule is CC1(C)c2ccccc2N(c2cc(-c3ccc(-c4nc5ccccc5s4)cc3)c(N3c4ccccc4C(C)(C)c4ccccc43)cc2-c2ccc(-c3nc4ccccc4s3)cc2)c2ccccc21. The molecule has 13 rings (SSSR count).